The van der Waals surface area contributed by atoms with Gasteiger partial charge in [-0.25, -0.2) is 5.48 Å². The zero-order valence-electron chi connectivity index (χ0n) is 14.5. The molecule has 2 N–H and O–H groups in total. The number of pyridine rings is 1. The van der Waals surface area contributed by atoms with Crippen LogP contribution in [0.15, 0.2) is 29.4 Å². The number of amides is 1. The Hall–Kier alpha value is -1.20. The largest absolute Gasteiger partial charge is 0.289 e. The van der Waals surface area contributed by atoms with E-state index >= 15 is 0 Å². The van der Waals surface area contributed by atoms with Gasteiger partial charge in [-0.15, -0.1) is 11.8 Å². The van der Waals surface area contributed by atoms with Crippen molar-refractivity contribution >= 4 is 27.9 Å². The lowest BCUT2D eigenvalue weighted by molar-refractivity contribution is -0.134. The van der Waals surface area contributed by atoms with E-state index in [0.717, 1.165) is 30.6 Å². The van der Waals surface area contributed by atoms with E-state index in [1.54, 1.807) is 29.6 Å². The summed E-state index contributed by atoms with van der Waals surface area (Å²) in [6.07, 6.45) is 6.96. The van der Waals surface area contributed by atoms with E-state index in [1.165, 1.54) is 8.61 Å². The molecule has 0 spiro atoms. The number of nitrogens with one attached hydrogen (secondary N) is 1. The number of hydrogen-bond acceptors (Lipinski definition) is 6. The Bertz CT molecular complexity index is 708. The van der Waals surface area contributed by atoms with Crippen LogP contribution in [-0.4, -0.2) is 64.1 Å². The van der Waals surface area contributed by atoms with Crippen molar-refractivity contribution in [3.63, 3.8) is 0 Å². The molecule has 1 aromatic rings. The Morgan fingerprint density at radius 1 is 1.15 bits per heavy atom. The van der Waals surface area contributed by atoms with Crippen LogP contribution in [-0.2, 0) is 15.0 Å². The van der Waals surface area contributed by atoms with Crippen LogP contribution in [0.2, 0.25) is 0 Å². The van der Waals surface area contributed by atoms with Gasteiger partial charge in [0.1, 0.15) is 6.04 Å². The summed E-state index contributed by atoms with van der Waals surface area (Å²) in [4.78, 5) is 17.0. The molecule has 0 bridgehead atoms. The van der Waals surface area contributed by atoms with Crippen molar-refractivity contribution in [2.45, 2.75) is 48.3 Å². The number of thioether (sulfide) groups is 1. The first kappa shape index (κ1) is 19.6. The Labute approximate surface area is 158 Å². The van der Waals surface area contributed by atoms with Crippen molar-refractivity contribution in [3.05, 3.63) is 24.5 Å². The summed E-state index contributed by atoms with van der Waals surface area (Å²) >= 11 is 1.75. The van der Waals surface area contributed by atoms with E-state index in [2.05, 4.69) is 4.98 Å². The Morgan fingerprint density at radius 2 is 1.85 bits per heavy atom. The first-order valence-corrected chi connectivity index (χ1v) is 11.1. The molecule has 2 aliphatic heterocycles. The zero-order valence-corrected chi connectivity index (χ0v) is 16.1. The summed E-state index contributed by atoms with van der Waals surface area (Å²) in [5, 5.41) is 9.28. The third-order valence-corrected chi connectivity index (χ3v) is 8.24. The summed E-state index contributed by atoms with van der Waals surface area (Å²) < 4.78 is 28.7. The van der Waals surface area contributed by atoms with Crippen molar-refractivity contribution in [1.29, 1.82) is 0 Å². The minimum absolute atomic E-state index is 0.312. The molecule has 3 rings (SSSR count). The van der Waals surface area contributed by atoms with E-state index in [0.29, 0.717) is 31.3 Å². The molecule has 3 heterocycles. The van der Waals surface area contributed by atoms with Crippen LogP contribution in [0.4, 0.5) is 0 Å². The van der Waals surface area contributed by atoms with Crippen LogP contribution in [0.3, 0.4) is 0 Å². The van der Waals surface area contributed by atoms with Crippen LogP contribution in [0.5, 0.6) is 0 Å². The standard InChI is InChI=1S/C16H24N4O4S2/c21-16(18-22)15-3-1-2-10-20(15)26(23,24)19-11-6-14(7-12-19)25-13-4-8-17-9-5-13/h4-5,8-9,14-15,22H,1-3,6-7,10-12H2,(H,18,21)/t15-/m1/s1. The highest BCUT2D eigenvalue weighted by atomic mass is 32.2. The SMILES string of the molecule is O=C(NO)[C@H]1CCCCN1S(=O)(=O)N1CCC(Sc2ccncc2)CC1. The lowest BCUT2D eigenvalue weighted by atomic mass is 10.0. The van der Waals surface area contributed by atoms with Gasteiger partial charge in [0.15, 0.2) is 0 Å². The number of piperidine rings is 2. The monoisotopic (exact) mass is 400 g/mol. The maximum Gasteiger partial charge on any atom is 0.282 e. The highest BCUT2D eigenvalue weighted by molar-refractivity contribution is 8.00. The molecule has 1 amide bonds. The molecule has 0 saturated carbocycles. The van der Waals surface area contributed by atoms with Gasteiger partial charge >= 0.3 is 0 Å². The highest BCUT2D eigenvalue weighted by Crippen LogP contribution is 2.32. The average molecular weight is 401 g/mol. The molecule has 0 aliphatic carbocycles. The Balaban J connectivity index is 1.62. The Kier molecular flexibility index (Phi) is 6.51. The van der Waals surface area contributed by atoms with E-state index in [-0.39, 0.29) is 0 Å². The summed E-state index contributed by atoms with van der Waals surface area (Å²) in [5.41, 5.74) is 1.60. The fourth-order valence-corrected chi connectivity index (χ4v) is 6.42. The molecule has 2 fully saturated rings. The summed E-state index contributed by atoms with van der Waals surface area (Å²) in [5.74, 6) is -0.656. The normalized spacial score (nSPS) is 23.7. The van der Waals surface area contributed by atoms with Gasteiger partial charge in [0.2, 0.25) is 0 Å². The van der Waals surface area contributed by atoms with Crippen molar-refractivity contribution < 1.29 is 18.4 Å². The molecule has 2 saturated heterocycles. The molecule has 0 unspecified atom stereocenters. The van der Waals surface area contributed by atoms with Gasteiger partial charge in [-0.05, 0) is 37.8 Å². The van der Waals surface area contributed by atoms with Gasteiger partial charge in [-0.3, -0.25) is 15.0 Å². The van der Waals surface area contributed by atoms with Crippen LogP contribution < -0.4 is 5.48 Å². The lowest BCUT2D eigenvalue weighted by Crippen LogP contribution is -2.56. The zero-order chi connectivity index (χ0) is 18.6. The van der Waals surface area contributed by atoms with Crippen molar-refractivity contribution in [2.24, 2.45) is 0 Å². The second-order valence-corrected chi connectivity index (χ2v) is 9.76. The van der Waals surface area contributed by atoms with Crippen LogP contribution >= 0.6 is 11.8 Å². The van der Waals surface area contributed by atoms with Gasteiger partial charge in [-0.2, -0.15) is 17.0 Å². The third-order valence-electron chi connectivity index (χ3n) is 4.84. The number of nitrogens with zero attached hydrogens (tertiary/aromatic N) is 3. The van der Waals surface area contributed by atoms with Crippen LogP contribution in [0.1, 0.15) is 32.1 Å². The first-order chi connectivity index (χ1) is 12.5. The predicted octanol–water partition coefficient (Wildman–Crippen LogP) is 1.24. The number of carbonyl (C=O) groups excluding carboxylic acids is 1. The number of aromatic nitrogens is 1. The van der Waals surface area contributed by atoms with Crippen LogP contribution in [0, 0.1) is 0 Å². The van der Waals surface area contributed by atoms with Gasteiger partial charge in [0.25, 0.3) is 16.1 Å². The van der Waals surface area contributed by atoms with Crippen molar-refractivity contribution in [3.8, 4) is 0 Å². The van der Waals surface area contributed by atoms with Crippen LogP contribution in [0.25, 0.3) is 0 Å². The number of hydrogen-bond donors (Lipinski definition) is 2. The maximum atomic E-state index is 13.0. The maximum absolute atomic E-state index is 13.0. The summed E-state index contributed by atoms with van der Waals surface area (Å²) in [6.45, 7) is 1.19. The number of carbonyl (C=O) groups is 1. The molecule has 144 valence electrons. The van der Waals surface area contributed by atoms with E-state index < -0.39 is 22.2 Å². The fourth-order valence-electron chi connectivity index (χ4n) is 3.46. The molecule has 1 atom stereocenters. The van der Waals surface area contributed by atoms with Gasteiger partial charge in [-0.1, -0.05) is 6.42 Å². The second-order valence-electron chi connectivity index (χ2n) is 6.51. The fraction of sp³-hybridized carbons (Fsp3) is 0.625. The summed E-state index contributed by atoms with van der Waals surface area (Å²) in [7, 11) is -3.71. The Morgan fingerprint density at radius 3 is 2.50 bits per heavy atom. The molecule has 2 aliphatic rings. The van der Waals surface area contributed by atoms with Gasteiger partial charge < -0.3 is 0 Å². The van der Waals surface area contributed by atoms with Gasteiger partial charge in [0.05, 0.1) is 0 Å². The van der Waals surface area contributed by atoms with E-state index in [4.69, 9.17) is 5.21 Å². The topological polar surface area (TPSA) is 103 Å². The molecular weight excluding hydrogens is 376 g/mol. The quantitative estimate of drug-likeness (QED) is 0.569. The number of rotatable bonds is 5. The first-order valence-electron chi connectivity index (χ1n) is 8.80. The molecule has 0 radical (unpaired) electrons. The molecular formula is C16H24N4O4S2. The molecule has 26 heavy (non-hydrogen) atoms. The molecule has 8 nitrogen and oxygen atoms in total. The molecule has 1 aromatic heterocycles. The minimum atomic E-state index is -3.71. The van der Waals surface area contributed by atoms with Gasteiger partial charge in [0, 0.05) is 42.2 Å². The second kappa shape index (κ2) is 8.66. The lowest BCUT2D eigenvalue weighted by Gasteiger charge is -2.39. The van der Waals surface area contributed by atoms with E-state index in [1.807, 2.05) is 12.1 Å². The summed E-state index contributed by atoms with van der Waals surface area (Å²) in [6, 6.07) is 3.09. The third kappa shape index (κ3) is 4.37. The van der Waals surface area contributed by atoms with Crippen molar-refractivity contribution in [2.75, 3.05) is 19.6 Å². The number of hydroxylamine groups is 1. The average Bonchev–Trinajstić information content (AvgIpc) is 2.68. The van der Waals surface area contributed by atoms with Crippen molar-refractivity contribution in [1.82, 2.24) is 19.1 Å². The predicted molar refractivity (Wildman–Crippen MR) is 97.9 cm³/mol. The minimum Gasteiger partial charge on any atom is -0.289 e. The highest BCUT2D eigenvalue weighted by Gasteiger charge is 2.41. The van der Waals surface area contributed by atoms with E-state index in [9.17, 15) is 13.2 Å². The molecule has 10 heteroatoms. The smallest absolute Gasteiger partial charge is 0.282 e. The molecule has 0 aromatic carbocycles.